The van der Waals surface area contributed by atoms with E-state index in [0.717, 1.165) is 19.3 Å². The number of rotatable bonds is 10. The lowest BCUT2D eigenvalue weighted by atomic mass is 9.74. The van der Waals surface area contributed by atoms with Crippen molar-refractivity contribution < 1.29 is 19.1 Å². The molecule has 0 fully saturated rings. The maximum absolute atomic E-state index is 12.3. The Balaban J connectivity index is 2.39. The van der Waals surface area contributed by atoms with E-state index in [0.29, 0.717) is 37.0 Å². The van der Waals surface area contributed by atoms with E-state index in [1.54, 1.807) is 6.92 Å². The molecule has 0 amide bonds. The third-order valence-corrected chi connectivity index (χ3v) is 4.42. The number of ketones is 2. The second-order valence-electron chi connectivity index (χ2n) is 7.14. The topological polar surface area (TPSA) is 60.4 Å². The van der Waals surface area contributed by atoms with Gasteiger partial charge in [-0.2, -0.15) is 0 Å². The van der Waals surface area contributed by atoms with Crippen molar-refractivity contribution >= 4 is 17.5 Å². The number of hydrogen-bond acceptors (Lipinski definition) is 4. The number of hydrogen-bond donors (Lipinski definition) is 0. The van der Waals surface area contributed by atoms with Crippen molar-refractivity contribution in [3.05, 3.63) is 23.3 Å². The third kappa shape index (κ3) is 6.42. The van der Waals surface area contributed by atoms with E-state index >= 15 is 0 Å². The minimum Gasteiger partial charge on any atom is -0.466 e. The molecule has 0 N–H and O–H groups in total. The van der Waals surface area contributed by atoms with Crippen LogP contribution < -0.4 is 0 Å². The lowest BCUT2D eigenvalue weighted by Gasteiger charge is -2.28. The second kappa shape index (κ2) is 9.55. The van der Waals surface area contributed by atoms with Crippen molar-refractivity contribution in [1.29, 1.82) is 0 Å². The van der Waals surface area contributed by atoms with Gasteiger partial charge >= 0.3 is 5.97 Å². The van der Waals surface area contributed by atoms with E-state index < -0.39 is 5.41 Å². The molecule has 134 valence electrons. The average molecular weight is 334 g/mol. The number of ether oxygens (including phenoxy) is 1. The summed E-state index contributed by atoms with van der Waals surface area (Å²) in [5.41, 5.74) is 0.599. The van der Waals surface area contributed by atoms with Crippen molar-refractivity contribution in [2.45, 2.75) is 72.6 Å². The lowest BCUT2D eigenvalue weighted by molar-refractivity contribution is -0.144. The van der Waals surface area contributed by atoms with Crippen LogP contribution in [0.15, 0.2) is 23.3 Å². The molecule has 0 aliphatic heterocycles. The number of carbonyl (C=O) groups excluding carboxylic acids is 3. The average Bonchev–Trinajstić information content (AvgIpc) is 2.50. The molecule has 0 aromatic heterocycles. The predicted octanol–water partition coefficient (Wildman–Crippen LogP) is 4.33. The summed E-state index contributed by atoms with van der Waals surface area (Å²) in [5.74, 6) is -0.391. The first kappa shape index (κ1) is 20.3. The number of allylic oxidation sites excluding steroid dienone is 4. The molecule has 0 radical (unpaired) electrons. The van der Waals surface area contributed by atoms with E-state index in [9.17, 15) is 14.4 Å². The standard InChI is InChI=1S/C20H30O4/c1-5-6-7-8-12-24-18(22)10-9-11-20(3,4)17-14-16(21)13-15(2)19(17)23/h13-14H,5-12H2,1-4H3. The summed E-state index contributed by atoms with van der Waals surface area (Å²) in [6, 6.07) is 0. The fraction of sp³-hybridized carbons (Fsp3) is 0.650. The van der Waals surface area contributed by atoms with Crippen LogP contribution in [-0.2, 0) is 19.1 Å². The summed E-state index contributed by atoms with van der Waals surface area (Å²) >= 11 is 0. The molecule has 0 spiro atoms. The van der Waals surface area contributed by atoms with Gasteiger partial charge in [-0.25, -0.2) is 0 Å². The van der Waals surface area contributed by atoms with Gasteiger partial charge in [0.25, 0.3) is 0 Å². The maximum atomic E-state index is 12.3. The highest BCUT2D eigenvalue weighted by molar-refractivity contribution is 6.20. The molecular weight excluding hydrogens is 304 g/mol. The molecule has 4 heteroatoms. The van der Waals surface area contributed by atoms with Crippen molar-refractivity contribution in [2.75, 3.05) is 6.61 Å². The second-order valence-corrected chi connectivity index (χ2v) is 7.14. The van der Waals surface area contributed by atoms with Crippen LogP contribution in [0, 0.1) is 5.41 Å². The Morgan fingerprint density at radius 3 is 2.46 bits per heavy atom. The Hall–Kier alpha value is -1.71. The Morgan fingerprint density at radius 1 is 1.08 bits per heavy atom. The minimum atomic E-state index is -0.427. The molecule has 0 unspecified atom stereocenters. The van der Waals surface area contributed by atoms with Gasteiger partial charge in [-0.15, -0.1) is 0 Å². The molecule has 0 saturated heterocycles. The number of unbranched alkanes of at least 4 members (excludes halogenated alkanes) is 3. The molecular formula is C20H30O4. The summed E-state index contributed by atoms with van der Waals surface area (Å²) in [6.45, 7) is 8.19. The van der Waals surface area contributed by atoms with E-state index in [4.69, 9.17) is 4.74 Å². The van der Waals surface area contributed by atoms with E-state index in [-0.39, 0.29) is 17.5 Å². The number of carbonyl (C=O) groups is 3. The largest absolute Gasteiger partial charge is 0.466 e. The van der Waals surface area contributed by atoms with Crippen LogP contribution in [0.5, 0.6) is 0 Å². The molecule has 24 heavy (non-hydrogen) atoms. The lowest BCUT2D eigenvalue weighted by Crippen LogP contribution is -2.26. The highest BCUT2D eigenvalue weighted by Crippen LogP contribution is 2.35. The zero-order chi connectivity index (χ0) is 18.2. The van der Waals surface area contributed by atoms with Crippen LogP contribution in [0.4, 0.5) is 0 Å². The summed E-state index contributed by atoms with van der Waals surface area (Å²) in [6.07, 6.45) is 8.80. The van der Waals surface area contributed by atoms with Crippen LogP contribution in [0.1, 0.15) is 72.6 Å². The minimum absolute atomic E-state index is 0.0712. The van der Waals surface area contributed by atoms with E-state index in [1.165, 1.54) is 18.6 Å². The summed E-state index contributed by atoms with van der Waals surface area (Å²) < 4.78 is 5.22. The molecule has 1 rings (SSSR count). The molecule has 0 saturated carbocycles. The van der Waals surface area contributed by atoms with Crippen LogP contribution >= 0.6 is 0 Å². The first-order chi connectivity index (χ1) is 11.3. The van der Waals surface area contributed by atoms with Crippen molar-refractivity contribution in [1.82, 2.24) is 0 Å². The summed E-state index contributed by atoms with van der Waals surface area (Å²) in [5, 5.41) is 0. The Labute approximate surface area is 145 Å². The Kier molecular flexibility index (Phi) is 8.09. The fourth-order valence-electron chi connectivity index (χ4n) is 2.84. The Bertz CT molecular complexity index is 538. The zero-order valence-corrected chi connectivity index (χ0v) is 15.4. The van der Waals surface area contributed by atoms with Gasteiger partial charge in [0.15, 0.2) is 11.6 Å². The van der Waals surface area contributed by atoms with Gasteiger partial charge in [-0.05, 0) is 43.8 Å². The first-order valence-corrected chi connectivity index (χ1v) is 8.92. The van der Waals surface area contributed by atoms with Crippen molar-refractivity contribution in [2.24, 2.45) is 5.41 Å². The molecule has 0 bridgehead atoms. The van der Waals surface area contributed by atoms with E-state index in [2.05, 4.69) is 6.92 Å². The predicted molar refractivity (Wildman–Crippen MR) is 94.6 cm³/mol. The smallest absolute Gasteiger partial charge is 0.305 e. The summed E-state index contributed by atoms with van der Waals surface area (Å²) in [4.78, 5) is 35.7. The van der Waals surface area contributed by atoms with Gasteiger partial charge in [0.2, 0.25) is 0 Å². The van der Waals surface area contributed by atoms with Gasteiger partial charge in [-0.1, -0.05) is 40.0 Å². The maximum Gasteiger partial charge on any atom is 0.305 e. The van der Waals surface area contributed by atoms with Gasteiger partial charge in [0.05, 0.1) is 6.61 Å². The highest BCUT2D eigenvalue weighted by Gasteiger charge is 2.31. The third-order valence-electron chi connectivity index (χ3n) is 4.42. The van der Waals surface area contributed by atoms with Crippen molar-refractivity contribution in [3.63, 3.8) is 0 Å². The van der Waals surface area contributed by atoms with Crippen LogP contribution in [0.25, 0.3) is 0 Å². The van der Waals surface area contributed by atoms with Crippen LogP contribution in [-0.4, -0.2) is 24.1 Å². The highest BCUT2D eigenvalue weighted by atomic mass is 16.5. The van der Waals surface area contributed by atoms with E-state index in [1.807, 2.05) is 13.8 Å². The molecule has 1 aliphatic rings. The first-order valence-electron chi connectivity index (χ1n) is 8.92. The monoisotopic (exact) mass is 334 g/mol. The van der Waals surface area contributed by atoms with Crippen molar-refractivity contribution in [3.8, 4) is 0 Å². The summed E-state index contributed by atoms with van der Waals surface area (Å²) in [7, 11) is 0. The number of Topliss-reactive ketones (excluding diaryl/α,β-unsaturated/α-hetero) is 1. The van der Waals surface area contributed by atoms with Gasteiger partial charge in [0, 0.05) is 17.6 Å². The van der Waals surface area contributed by atoms with Gasteiger partial charge < -0.3 is 4.74 Å². The Morgan fingerprint density at radius 2 is 1.79 bits per heavy atom. The van der Waals surface area contributed by atoms with Gasteiger partial charge in [0.1, 0.15) is 0 Å². The number of esters is 1. The molecule has 0 atom stereocenters. The van der Waals surface area contributed by atoms with Crippen LogP contribution in [0.3, 0.4) is 0 Å². The SMILES string of the molecule is CCCCCCOC(=O)CCCC(C)(C)C1=CC(=O)C=C(C)C1=O. The molecule has 0 aromatic rings. The van der Waals surface area contributed by atoms with Gasteiger partial charge in [-0.3, -0.25) is 14.4 Å². The van der Waals surface area contributed by atoms with Crippen LogP contribution in [0.2, 0.25) is 0 Å². The zero-order valence-electron chi connectivity index (χ0n) is 15.4. The quantitative estimate of drug-likeness (QED) is 0.339. The molecule has 4 nitrogen and oxygen atoms in total. The fourth-order valence-corrected chi connectivity index (χ4v) is 2.84. The molecule has 1 aliphatic carbocycles. The normalized spacial score (nSPS) is 15.2. The molecule has 0 heterocycles. The molecule has 0 aromatic carbocycles.